The Morgan fingerprint density at radius 3 is 2.33 bits per heavy atom. The quantitative estimate of drug-likeness (QED) is 0.320. The fourth-order valence-corrected chi connectivity index (χ4v) is 5.62. The summed E-state index contributed by atoms with van der Waals surface area (Å²) in [4.78, 5) is 0. The van der Waals surface area contributed by atoms with E-state index < -0.39 is 17.5 Å². The molecule has 0 aromatic heterocycles. The Morgan fingerprint density at radius 2 is 1.58 bits per heavy atom. The Hall–Kier alpha value is -2.73. The molecule has 0 spiro atoms. The van der Waals surface area contributed by atoms with Crippen LogP contribution in [-0.4, -0.2) is 0 Å². The van der Waals surface area contributed by atoms with Crippen LogP contribution in [0.5, 0.6) is 0 Å². The van der Waals surface area contributed by atoms with Gasteiger partial charge in [0.15, 0.2) is 11.6 Å². The van der Waals surface area contributed by atoms with Crippen LogP contribution in [0.3, 0.4) is 0 Å². The molecule has 0 amide bonds. The second-order valence-electron chi connectivity index (χ2n) is 9.56. The third kappa shape index (κ3) is 5.27. The topological polar surface area (TPSA) is 0 Å². The van der Waals surface area contributed by atoms with Gasteiger partial charge in [0, 0.05) is 0 Å². The van der Waals surface area contributed by atoms with E-state index in [-0.39, 0.29) is 17.0 Å². The predicted octanol–water partition coefficient (Wildman–Crippen LogP) is 8.11. The first-order valence-electron chi connectivity index (χ1n) is 12.0. The second kappa shape index (κ2) is 10.5. The first kappa shape index (κ1) is 23.4. The number of halogens is 3. The van der Waals surface area contributed by atoms with Gasteiger partial charge in [0.1, 0.15) is 5.82 Å². The summed E-state index contributed by atoms with van der Waals surface area (Å²) in [5.41, 5.74) is 1.45. The lowest BCUT2D eigenvalue weighted by Gasteiger charge is -2.41. The summed E-state index contributed by atoms with van der Waals surface area (Å²) < 4.78 is 44.2. The van der Waals surface area contributed by atoms with Gasteiger partial charge >= 0.3 is 0 Å². The normalized spacial score (nSPS) is 24.3. The Bertz CT molecular complexity index is 1090. The van der Waals surface area contributed by atoms with Crippen molar-refractivity contribution in [1.29, 1.82) is 0 Å². The molecule has 0 heterocycles. The molecule has 3 heteroatoms. The Morgan fingerprint density at radius 1 is 0.848 bits per heavy atom. The molecule has 2 aliphatic rings. The minimum absolute atomic E-state index is 0.0356. The molecule has 33 heavy (non-hydrogen) atoms. The summed E-state index contributed by atoms with van der Waals surface area (Å²) in [6.07, 6.45) is 11.6. The Kier molecular flexibility index (Phi) is 7.43. The minimum atomic E-state index is -0.930. The van der Waals surface area contributed by atoms with Gasteiger partial charge in [0.2, 0.25) is 0 Å². The molecular formula is C30H31F3. The van der Waals surface area contributed by atoms with Crippen molar-refractivity contribution in [2.24, 2.45) is 17.8 Å². The Balaban J connectivity index is 1.49. The molecular weight excluding hydrogens is 417 g/mol. The molecule has 0 saturated heterocycles. The molecule has 0 N–H and O–H groups in total. The molecule has 0 nitrogen and oxygen atoms in total. The van der Waals surface area contributed by atoms with E-state index in [0.717, 1.165) is 44.1 Å². The molecule has 2 aliphatic carbocycles. The van der Waals surface area contributed by atoms with Crippen molar-refractivity contribution in [3.05, 3.63) is 95.3 Å². The molecule has 0 aliphatic heterocycles. The van der Waals surface area contributed by atoms with E-state index in [0.29, 0.717) is 29.7 Å². The lowest BCUT2D eigenvalue weighted by atomic mass is 9.64. The summed E-state index contributed by atoms with van der Waals surface area (Å²) >= 11 is 0. The third-order valence-electron chi connectivity index (χ3n) is 7.54. The van der Waals surface area contributed by atoms with Gasteiger partial charge in [-0.1, -0.05) is 36.1 Å². The van der Waals surface area contributed by atoms with Crippen LogP contribution in [0.25, 0.3) is 0 Å². The van der Waals surface area contributed by atoms with E-state index in [1.165, 1.54) is 18.6 Å². The minimum Gasteiger partial charge on any atom is -0.206 e. The van der Waals surface area contributed by atoms with Crippen molar-refractivity contribution in [2.75, 3.05) is 0 Å². The maximum atomic E-state index is 15.0. The van der Waals surface area contributed by atoms with Crippen LogP contribution in [0.15, 0.2) is 55.6 Å². The highest BCUT2D eigenvalue weighted by atomic mass is 19.2. The number of rotatable bonds is 5. The fraction of sp³-hybridized carbons (Fsp3) is 0.400. The molecule has 2 aromatic carbocycles. The highest BCUT2D eigenvalue weighted by Crippen LogP contribution is 2.48. The highest BCUT2D eigenvalue weighted by Gasteiger charge is 2.36. The van der Waals surface area contributed by atoms with Gasteiger partial charge in [-0.2, -0.15) is 0 Å². The van der Waals surface area contributed by atoms with Gasteiger partial charge in [0.05, 0.1) is 11.1 Å². The van der Waals surface area contributed by atoms with Crippen molar-refractivity contribution in [1.82, 2.24) is 0 Å². The number of allylic oxidation sites excluding steroid dienone is 2. The van der Waals surface area contributed by atoms with Gasteiger partial charge in [-0.05, 0) is 104 Å². The number of benzene rings is 2. The van der Waals surface area contributed by atoms with Crippen LogP contribution in [0.4, 0.5) is 13.2 Å². The molecule has 172 valence electrons. The van der Waals surface area contributed by atoms with E-state index in [1.807, 2.05) is 0 Å². The van der Waals surface area contributed by atoms with Gasteiger partial charge in [0.25, 0.3) is 0 Å². The first-order chi connectivity index (χ1) is 16.0. The largest absolute Gasteiger partial charge is 0.206 e. The van der Waals surface area contributed by atoms with E-state index in [1.54, 1.807) is 24.3 Å². The van der Waals surface area contributed by atoms with Crippen molar-refractivity contribution >= 4 is 0 Å². The van der Waals surface area contributed by atoms with Crippen molar-refractivity contribution in [2.45, 2.75) is 57.3 Å². The second-order valence-corrected chi connectivity index (χ2v) is 9.56. The van der Waals surface area contributed by atoms with E-state index in [9.17, 15) is 8.78 Å². The predicted molar refractivity (Wildman–Crippen MR) is 128 cm³/mol. The number of hydrogen-bond acceptors (Lipinski definition) is 0. The molecule has 4 unspecified atom stereocenters. The average molecular weight is 449 g/mol. The lowest BCUT2D eigenvalue weighted by molar-refractivity contribution is 0.132. The highest BCUT2D eigenvalue weighted by molar-refractivity contribution is 5.46. The molecule has 2 fully saturated rings. The summed E-state index contributed by atoms with van der Waals surface area (Å²) in [7, 11) is 0. The standard InChI is InChI=1S/C30H31F3/c1-3-5-6-21-8-9-22(28(31)18-21)11-12-23-15-16-27(30(33)29(23)32)26-14-13-24-17-20(4-2)7-10-25(24)19-26/h3-4,8-9,15-16,18,20,24-26H,1-2,5-7,10,13-14,17,19H2. The van der Waals surface area contributed by atoms with Gasteiger partial charge < -0.3 is 0 Å². The monoisotopic (exact) mass is 448 g/mol. The lowest BCUT2D eigenvalue weighted by Crippen LogP contribution is -2.30. The van der Waals surface area contributed by atoms with Crippen molar-refractivity contribution in [3.8, 4) is 11.8 Å². The maximum absolute atomic E-state index is 15.0. The van der Waals surface area contributed by atoms with E-state index >= 15 is 4.39 Å². The smallest absolute Gasteiger partial charge is 0.174 e. The van der Waals surface area contributed by atoms with Crippen LogP contribution in [0, 0.1) is 47.0 Å². The molecule has 0 radical (unpaired) electrons. The van der Waals surface area contributed by atoms with Crippen LogP contribution >= 0.6 is 0 Å². The zero-order valence-electron chi connectivity index (χ0n) is 19.1. The Labute approximate surface area is 195 Å². The zero-order chi connectivity index (χ0) is 23.4. The summed E-state index contributed by atoms with van der Waals surface area (Å²) in [5.74, 6) is 5.01. The average Bonchev–Trinajstić information content (AvgIpc) is 2.83. The van der Waals surface area contributed by atoms with Gasteiger partial charge in [-0.3, -0.25) is 0 Å². The molecule has 4 atom stereocenters. The van der Waals surface area contributed by atoms with Crippen molar-refractivity contribution < 1.29 is 13.2 Å². The number of fused-ring (bicyclic) bond motifs is 1. The number of hydrogen-bond donors (Lipinski definition) is 0. The maximum Gasteiger partial charge on any atom is 0.174 e. The summed E-state index contributed by atoms with van der Waals surface area (Å²) in [6, 6.07) is 8.04. The van der Waals surface area contributed by atoms with E-state index in [4.69, 9.17) is 0 Å². The zero-order valence-corrected chi connectivity index (χ0v) is 19.1. The molecule has 2 saturated carbocycles. The molecule has 2 aromatic rings. The molecule has 0 bridgehead atoms. The molecule has 4 rings (SSSR count). The van der Waals surface area contributed by atoms with Crippen LogP contribution in [-0.2, 0) is 6.42 Å². The fourth-order valence-electron chi connectivity index (χ4n) is 5.62. The summed E-state index contributed by atoms with van der Waals surface area (Å²) in [5, 5.41) is 0. The van der Waals surface area contributed by atoms with Crippen LogP contribution < -0.4 is 0 Å². The SMILES string of the molecule is C=CCCc1ccc(C#Cc2ccc(C3CCC4CC(C=C)CCC4C3)c(F)c2F)c(F)c1. The van der Waals surface area contributed by atoms with Crippen LogP contribution in [0.2, 0.25) is 0 Å². The van der Waals surface area contributed by atoms with Crippen LogP contribution in [0.1, 0.15) is 73.1 Å². The van der Waals surface area contributed by atoms with Gasteiger partial charge in [-0.15, -0.1) is 13.2 Å². The third-order valence-corrected chi connectivity index (χ3v) is 7.54. The summed E-state index contributed by atoms with van der Waals surface area (Å²) in [6.45, 7) is 7.61. The van der Waals surface area contributed by atoms with Gasteiger partial charge in [-0.25, -0.2) is 13.2 Å². The van der Waals surface area contributed by atoms with E-state index in [2.05, 4.69) is 31.1 Å². The van der Waals surface area contributed by atoms with Crippen molar-refractivity contribution in [3.63, 3.8) is 0 Å². The number of aryl methyl sites for hydroxylation is 1. The first-order valence-corrected chi connectivity index (χ1v) is 12.0.